The molecule has 3 rings (SSSR count). The molecule has 1 atom stereocenters. The summed E-state index contributed by atoms with van der Waals surface area (Å²) in [4.78, 5) is 17.9. The molecule has 8 heteroatoms. The molecule has 1 heterocycles. The Morgan fingerprint density at radius 2 is 1.76 bits per heavy atom. The predicted molar refractivity (Wildman–Crippen MR) is 110 cm³/mol. The second-order valence-electron chi connectivity index (χ2n) is 6.77. The van der Waals surface area contributed by atoms with Crippen molar-refractivity contribution < 1.29 is 13.6 Å². The van der Waals surface area contributed by atoms with E-state index in [0.29, 0.717) is 37.7 Å². The summed E-state index contributed by atoms with van der Waals surface area (Å²) in [6, 6.07) is 12.9. The third-order valence-corrected chi connectivity index (χ3v) is 4.75. The number of para-hydroxylation sites is 1. The van der Waals surface area contributed by atoms with Gasteiger partial charge in [-0.25, -0.2) is 8.78 Å². The Morgan fingerprint density at radius 3 is 2.45 bits per heavy atom. The molecule has 0 aromatic heterocycles. The van der Waals surface area contributed by atoms with Crippen LogP contribution in [0.5, 0.6) is 0 Å². The summed E-state index contributed by atoms with van der Waals surface area (Å²) in [5, 5.41) is 9.24. The Kier molecular flexibility index (Phi) is 6.99. The summed E-state index contributed by atoms with van der Waals surface area (Å²) in [6.07, 6.45) is 0.735. The number of nitrogens with zero attached hydrogens (tertiary/aromatic N) is 2. The van der Waals surface area contributed by atoms with Crippen LogP contribution >= 0.6 is 0 Å². The Bertz CT molecular complexity index is 839. The Labute approximate surface area is 169 Å². The Morgan fingerprint density at radius 1 is 1.07 bits per heavy atom. The second-order valence-corrected chi connectivity index (χ2v) is 6.77. The zero-order chi connectivity index (χ0) is 20.6. The van der Waals surface area contributed by atoms with Gasteiger partial charge in [0, 0.05) is 44.8 Å². The van der Waals surface area contributed by atoms with E-state index in [9.17, 15) is 13.6 Å². The number of benzene rings is 2. The SMILES string of the molecule is CN=C(NCCNC(=O)c1ccccc1)NC1CCN(c2c(F)cccc2F)C1. The van der Waals surface area contributed by atoms with Crippen molar-refractivity contribution in [2.75, 3.05) is 38.1 Å². The fourth-order valence-electron chi connectivity index (χ4n) is 3.31. The van der Waals surface area contributed by atoms with Crippen molar-refractivity contribution in [3.8, 4) is 0 Å². The highest BCUT2D eigenvalue weighted by molar-refractivity contribution is 5.94. The van der Waals surface area contributed by atoms with Gasteiger partial charge in [0.05, 0.1) is 0 Å². The number of nitrogens with one attached hydrogen (secondary N) is 3. The van der Waals surface area contributed by atoms with Crippen LogP contribution in [0.25, 0.3) is 0 Å². The predicted octanol–water partition coefficient (Wildman–Crippen LogP) is 2.14. The van der Waals surface area contributed by atoms with Gasteiger partial charge in [-0.15, -0.1) is 0 Å². The van der Waals surface area contributed by atoms with Gasteiger partial charge >= 0.3 is 0 Å². The van der Waals surface area contributed by atoms with E-state index in [2.05, 4.69) is 20.9 Å². The summed E-state index contributed by atoms with van der Waals surface area (Å²) in [5.74, 6) is -0.654. The van der Waals surface area contributed by atoms with E-state index in [1.165, 1.54) is 18.2 Å². The Hall–Kier alpha value is -3.16. The van der Waals surface area contributed by atoms with Gasteiger partial charge in [-0.05, 0) is 30.7 Å². The second kappa shape index (κ2) is 9.86. The molecule has 1 amide bonds. The van der Waals surface area contributed by atoms with E-state index in [4.69, 9.17) is 0 Å². The minimum Gasteiger partial charge on any atom is -0.365 e. The van der Waals surface area contributed by atoms with Crippen LogP contribution in [-0.4, -0.2) is 51.1 Å². The van der Waals surface area contributed by atoms with Crippen molar-refractivity contribution in [2.45, 2.75) is 12.5 Å². The molecular weight excluding hydrogens is 376 g/mol. The lowest BCUT2D eigenvalue weighted by atomic mass is 10.2. The van der Waals surface area contributed by atoms with Crippen molar-refractivity contribution >= 4 is 17.6 Å². The molecule has 1 aliphatic rings. The van der Waals surface area contributed by atoms with Crippen molar-refractivity contribution in [1.29, 1.82) is 0 Å². The molecule has 154 valence electrons. The molecule has 1 saturated heterocycles. The van der Waals surface area contributed by atoms with E-state index in [-0.39, 0.29) is 17.6 Å². The van der Waals surface area contributed by atoms with Gasteiger partial charge in [-0.2, -0.15) is 0 Å². The summed E-state index contributed by atoms with van der Waals surface area (Å²) in [7, 11) is 1.65. The average Bonchev–Trinajstić information content (AvgIpc) is 3.18. The molecule has 2 aromatic rings. The van der Waals surface area contributed by atoms with Gasteiger partial charge in [0.15, 0.2) is 5.96 Å². The number of anilines is 1. The number of hydrogen-bond donors (Lipinski definition) is 3. The highest BCUT2D eigenvalue weighted by Crippen LogP contribution is 2.26. The monoisotopic (exact) mass is 401 g/mol. The van der Waals surface area contributed by atoms with Crippen LogP contribution in [0, 0.1) is 11.6 Å². The quantitative estimate of drug-likeness (QED) is 0.394. The minimum absolute atomic E-state index is 0.0131. The normalized spacial score (nSPS) is 16.6. The van der Waals surface area contributed by atoms with Gasteiger partial charge in [0.1, 0.15) is 17.3 Å². The number of amides is 1. The summed E-state index contributed by atoms with van der Waals surface area (Å²) in [6.45, 7) is 1.96. The van der Waals surface area contributed by atoms with Gasteiger partial charge in [-0.3, -0.25) is 9.79 Å². The molecule has 1 unspecified atom stereocenters. The zero-order valence-electron chi connectivity index (χ0n) is 16.3. The third kappa shape index (κ3) is 5.43. The first-order valence-electron chi connectivity index (χ1n) is 9.58. The topological polar surface area (TPSA) is 68.8 Å². The maximum atomic E-state index is 14.0. The van der Waals surface area contributed by atoms with Crippen LogP contribution in [0.1, 0.15) is 16.8 Å². The van der Waals surface area contributed by atoms with Crippen LogP contribution in [0.15, 0.2) is 53.5 Å². The van der Waals surface area contributed by atoms with E-state index >= 15 is 0 Å². The number of guanidine groups is 1. The maximum absolute atomic E-state index is 14.0. The fraction of sp³-hybridized carbons (Fsp3) is 0.333. The molecule has 0 bridgehead atoms. The number of carbonyl (C=O) groups excluding carboxylic acids is 1. The minimum atomic E-state index is -0.553. The number of aliphatic imine (C=N–C) groups is 1. The highest BCUT2D eigenvalue weighted by atomic mass is 19.1. The van der Waals surface area contributed by atoms with Gasteiger partial charge in [-0.1, -0.05) is 24.3 Å². The molecule has 0 spiro atoms. The smallest absolute Gasteiger partial charge is 0.251 e. The first-order chi connectivity index (χ1) is 14.1. The van der Waals surface area contributed by atoms with Crippen LogP contribution < -0.4 is 20.9 Å². The van der Waals surface area contributed by atoms with E-state index in [1.54, 1.807) is 24.1 Å². The molecule has 3 N–H and O–H groups in total. The first-order valence-corrected chi connectivity index (χ1v) is 9.58. The lowest BCUT2D eigenvalue weighted by molar-refractivity contribution is 0.0954. The number of rotatable bonds is 6. The van der Waals surface area contributed by atoms with Gasteiger partial charge in [0.25, 0.3) is 5.91 Å². The van der Waals surface area contributed by atoms with Gasteiger partial charge < -0.3 is 20.9 Å². The van der Waals surface area contributed by atoms with Crippen LogP contribution in [0.4, 0.5) is 14.5 Å². The highest BCUT2D eigenvalue weighted by Gasteiger charge is 2.27. The van der Waals surface area contributed by atoms with Crippen LogP contribution in [-0.2, 0) is 0 Å². The molecule has 1 fully saturated rings. The van der Waals surface area contributed by atoms with Gasteiger partial charge in [0.2, 0.25) is 0 Å². The van der Waals surface area contributed by atoms with Crippen molar-refractivity contribution in [3.63, 3.8) is 0 Å². The van der Waals surface area contributed by atoms with Crippen LogP contribution in [0.3, 0.4) is 0 Å². The lowest BCUT2D eigenvalue weighted by Crippen LogP contribution is -2.46. The third-order valence-electron chi connectivity index (χ3n) is 4.75. The molecule has 0 radical (unpaired) electrons. The lowest BCUT2D eigenvalue weighted by Gasteiger charge is -2.21. The fourth-order valence-corrected chi connectivity index (χ4v) is 3.31. The largest absolute Gasteiger partial charge is 0.365 e. The van der Waals surface area contributed by atoms with E-state index in [0.717, 1.165) is 6.42 Å². The van der Waals surface area contributed by atoms with Crippen molar-refractivity contribution in [3.05, 3.63) is 65.7 Å². The molecule has 2 aromatic carbocycles. The standard InChI is InChI=1S/C21H25F2N5O/c1-24-21(26-12-11-25-20(29)15-6-3-2-4-7-15)27-16-10-13-28(14-16)19-17(22)8-5-9-18(19)23/h2-9,16H,10-14H2,1H3,(H,25,29)(H2,24,26,27). The average molecular weight is 401 g/mol. The molecular formula is C21H25F2N5O. The summed E-state index contributed by atoms with van der Waals surface area (Å²) < 4.78 is 28.0. The van der Waals surface area contributed by atoms with E-state index < -0.39 is 11.6 Å². The number of carbonyl (C=O) groups is 1. The van der Waals surface area contributed by atoms with Crippen molar-refractivity contribution in [1.82, 2.24) is 16.0 Å². The van der Waals surface area contributed by atoms with Crippen LogP contribution in [0.2, 0.25) is 0 Å². The molecule has 29 heavy (non-hydrogen) atoms. The van der Waals surface area contributed by atoms with E-state index in [1.807, 2.05) is 18.2 Å². The Balaban J connectivity index is 1.43. The number of halogens is 2. The number of hydrogen-bond acceptors (Lipinski definition) is 3. The molecule has 6 nitrogen and oxygen atoms in total. The summed E-state index contributed by atoms with van der Waals surface area (Å²) >= 11 is 0. The van der Waals surface area contributed by atoms with Crippen molar-refractivity contribution in [2.24, 2.45) is 4.99 Å². The zero-order valence-corrected chi connectivity index (χ0v) is 16.3. The maximum Gasteiger partial charge on any atom is 0.251 e. The molecule has 1 aliphatic heterocycles. The summed E-state index contributed by atoms with van der Waals surface area (Å²) in [5.41, 5.74) is 0.629. The molecule has 0 saturated carbocycles. The first kappa shape index (κ1) is 20.6. The molecule has 0 aliphatic carbocycles.